The number of phenolic OH excluding ortho intramolecular Hbond substituents is 1. The van der Waals surface area contributed by atoms with Gasteiger partial charge in [-0.2, -0.15) is 0 Å². The van der Waals surface area contributed by atoms with E-state index in [1.807, 2.05) is 12.1 Å². The molecule has 0 amide bonds. The number of piperidine rings is 1. The van der Waals surface area contributed by atoms with E-state index >= 15 is 0 Å². The van der Waals surface area contributed by atoms with Gasteiger partial charge in [0.05, 0.1) is 0 Å². The summed E-state index contributed by atoms with van der Waals surface area (Å²) in [5, 5.41) is 12.8. The zero-order valence-electron chi connectivity index (χ0n) is 12.1. The summed E-state index contributed by atoms with van der Waals surface area (Å²) in [5.74, 6) is 0.347. The van der Waals surface area contributed by atoms with E-state index in [4.69, 9.17) is 0 Å². The number of rotatable bonds is 5. The molecular formula is C16H26N2O. The van der Waals surface area contributed by atoms with Crippen LogP contribution in [0.3, 0.4) is 0 Å². The lowest BCUT2D eigenvalue weighted by Crippen LogP contribution is -2.50. The number of phenols is 1. The van der Waals surface area contributed by atoms with Gasteiger partial charge in [0.15, 0.2) is 0 Å². The first kappa shape index (κ1) is 14.4. The minimum Gasteiger partial charge on any atom is -0.508 e. The molecule has 3 heteroatoms. The fraction of sp³-hybridized carbons (Fsp3) is 0.625. The van der Waals surface area contributed by atoms with Crippen LogP contribution in [0, 0.1) is 0 Å². The van der Waals surface area contributed by atoms with Crippen LogP contribution in [0.4, 0.5) is 0 Å². The van der Waals surface area contributed by atoms with Gasteiger partial charge in [-0.3, -0.25) is 4.90 Å². The zero-order chi connectivity index (χ0) is 13.7. The van der Waals surface area contributed by atoms with Gasteiger partial charge in [0, 0.05) is 18.6 Å². The fourth-order valence-electron chi connectivity index (χ4n) is 3.14. The standard InChI is InChI=1S/C16H26N2O/c1-3-18(15-5-4-10-17-12-15)13(2)11-14-6-8-16(19)9-7-14/h6-9,13,15,17,19H,3-5,10-12H2,1-2H3. The summed E-state index contributed by atoms with van der Waals surface area (Å²) >= 11 is 0. The van der Waals surface area contributed by atoms with Gasteiger partial charge in [-0.25, -0.2) is 0 Å². The molecule has 1 aromatic carbocycles. The maximum Gasteiger partial charge on any atom is 0.115 e. The molecule has 1 aliphatic rings. The van der Waals surface area contributed by atoms with Crippen molar-refractivity contribution in [2.45, 2.75) is 45.2 Å². The third kappa shape index (κ3) is 3.95. The largest absolute Gasteiger partial charge is 0.508 e. The highest BCUT2D eigenvalue weighted by molar-refractivity contribution is 5.26. The minimum absolute atomic E-state index is 0.347. The summed E-state index contributed by atoms with van der Waals surface area (Å²) in [5.41, 5.74) is 1.30. The van der Waals surface area contributed by atoms with Crippen molar-refractivity contribution in [3.8, 4) is 5.75 Å². The Morgan fingerprint density at radius 2 is 2.11 bits per heavy atom. The number of hydrogen-bond donors (Lipinski definition) is 2. The van der Waals surface area contributed by atoms with E-state index in [1.165, 1.54) is 24.9 Å². The molecule has 0 saturated carbocycles. The van der Waals surface area contributed by atoms with Gasteiger partial charge in [0.2, 0.25) is 0 Å². The van der Waals surface area contributed by atoms with Crippen LogP contribution in [-0.2, 0) is 6.42 Å². The number of benzene rings is 1. The summed E-state index contributed by atoms with van der Waals surface area (Å²) in [7, 11) is 0. The Kier molecular flexibility index (Phi) is 5.23. The number of likely N-dealkylation sites (N-methyl/N-ethyl adjacent to an activating group) is 1. The van der Waals surface area contributed by atoms with Crippen LogP contribution < -0.4 is 5.32 Å². The second-order valence-electron chi connectivity index (χ2n) is 5.55. The normalized spacial score (nSPS) is 21.5. The molecule has 2 unspecified atom stereocenters. The van der Waals surface area contributed by atoms with Gasteiger partial charge in [0.25, 0.3) is 0 Å². The van der Waals surface area contributed by atoms with Gasteiger partial charge in [-0.1, -0.05) is 19.1 Å². The van der Waals surface area contributed by atoms with Gasteiger partial charge in [0.1, 0.15) is 5.75 Å². The minimum atomic E-state index is 0.347. The van der Waals surface area contributed by atoms with Crippen molar-refractivity contribution < 1.29 is 5.11 Å². The number of nitrogens with one attached hydrogen (secondary N) is 1. The van der Waals surface area contributed by atoms with Crippen LogP contribution in [0.5, 0.6) is 5.75 Å². The molecule has 1 saturated heterocycles. The van der Waals surface area contributed by atoms with Crippen LogP contribution in [0.2, 0.25) is 0 Å². The number of aromatic hydroxyl groups is 1. The average Bonchev–Trinajstić information content (AvgIpc) is 2.43. The van der Waals surface area contributed by atoms with Crippen LogP contribution in [0.25, 0.3) is 0 Å². The van der Waals surface area contributed by atoms with E-state index < -0.39 is 0 Å². The molecule has 2 N–H and O–H groups in total. The van der Waals surface area contributed by atoms with E-state index in [0.717, 1.165) is 19.5 Å². The lowest BCUT2D eigenvalue weighted by Gasteiger charge is -2.38. The molecule has 1 aliphatic heterocycles. The molecule has 3 nitrogen and oxygen atoms in total. The molecule has 0 radical (unpaired) electrons. The van der Waals surface area contributed by atoms with Crippen LogP contribution in [0.15, 0.2) is 24.3 Å². The van der Waals surface area contributed by atoms with Gasteiger partial charge in [-0.05, 0) is 57.0 Å². The van der Waals surface area contributed by atoms with E-state index in [0.29, 0.717) is 17.8 Å². The maximum atomic E-state index is 9.33. The lowest BCUT2D eigenvalue weighted by molar-refractivity contribution is 0.127. The summed E-state index contributed by atoms with van der Waals surface area (Å²) in [6.45, 7) is 7.95. The molecule has 1 heterocycles. The molecular weight excluding hydrogens is 236 g/mol. The zero-order valence-corrected chi connectivity index (χ0v) is 12.1. The summed E-state index contributed by atoms with van der Waals surface area (Å²) in [6.07, 6.45) is 3.64. The van der Waals surface area contributed by atoms with Crippen molar-refractivity contribution in [3.05, 3.63) is 29.8 Å². The second kappa shape index (κ2) is 6.92. The highest BCUT2D eigenvalue weighted by Gasteiger charge is 2.23. The van der Waals surface area contributed by atoms with Crippen molar-refractivity contribution in [2.24, 2.45) is 0 Å². The van der Waals surface area contributed by atoms with Gasteiger partial charge < -0.3 is 10.4 Å². The molecule has 1 fully saturated rings. The molecule has 0 bridgehead atoms. The quantitative estimate of drug-likeness (QED) is 0.855. The molecule has 2 atom stereocenters. The topological polar surface area (TPSA) is 35.5 Å². The smallest absolute Gasteiger partial charge is 0.115 e. The molecule has 19 heavy (non-hydrogen) atoms. The van der Waals surface area contributed by atoms with Crippen molar-refractivity contribution >= 4 is 0 Å². The van der Waals surface area contributed by atoms with E-state index in [1.54, 1.807) is 12.1 Å². The molecule has 0 aromatic heterocycles. The Labute approximate surface area is 116 Å². The molecule has 1 aromatic rings. The second-order valence-corrected chi connectivity index (χ2v) is 5.55. The Morgan fingerprint density at radius 1 is 1.37 bits per heavy atom. The lowest BCUT2D eigenvalue weighted by atomic mass is 10.0. The highest BCUT2D eigenvalue weighted by atomic mass is 16.3. The predicted octanol–water partition coefficient (Wildman–Crippen LogP) is 2.40. The first-order chi connectivity index (χ1) is 9.20. The summed E-state index contributed by atoms with van der Waals surface area (Å²) < 4.78 is 0. The van der Waals surface area contributed by atoms with Crippen molar-refractivity contribution in [2.75, 3.05) is 19.6 Å². The monoisotopic (exact) mass is 262 g/mol. The third-order valence-electron chi connectivity index (χ3n) is 4.14. The molecule has 2 rings (SSSR count). The van der Waals surface area contributed by atoms with E-state index in [-0.39, 0.29) is 0 Å². The van der Waals surface area contributed by atoms with Crippen LogP contribution >= 0.6 is 0 Å². The molecule has 0 aliphatic carbocycles. The van der Waals surface area contributed by atoms with Crippen molar-refractivity contribution in [1.82, 2.24) is 10.2 Å². The van der Waals surface area contributed by atoms with Crippen molar-refractivity contribution in [3.63, 3.8) is 0 Å². The first-order valence-electron chi connectivity index (χ1n) is 7.45. The fourth-order valence-corrected chi connectivity index (χ4v) is 3.14. The summed E-state index contributed by atoms with van der Waals surface area (Å²) in [6, 6.07) is 8.82. The molecule has 106 valence electrons. The van der Waals surface area contributed by atoms with Crippen LogP contribution in [0.1, 0.15) is 32.3 Å². The van der Waals surface area contributed by atoms with Gasteiger partial charge >= 0.3 is 0 Å². The van der Waals surface area contributed by atoms with E-state index in [9.17, 15) is 5.11 Å². The number of nitrogens with zero attached hydrogens (tertiary/aromatic N) is 1. The Balaban J connectivity index is 1.95. The maximum absolute atomic E-state index is 9.33. The van der Waals surface area contributed by atoms with Gasteiger partial charge in [-0.15, -0.1) is 0 Å². The van der Waals surface area contributed by atoms with Crippen molar-refractivity contribution in [1.29, 1.82) is 0 Å². The predicted molar refractivity (Wildman–Crippen MR) is 79.5 cm³/mol. The SMILES string of the molecule is CCN(C(C)Cc1ccc(O)cc1)C1CCCNC1. The van der Waals surface area contributed by atoms with Crippen LogP contribution in [-0.4, -0.2) is 41.7 Å². The Bertz CT molecular complexity index is 371. The summed E-state index contributed by atoms with van der Waals surface area (Å²) in [4.78, 5) is 2.61. The molecule has 0 spiro atoms. The first-order valence-corrected chi connectivity index (χ1v) is 7.45. The average molecular weight is 262 g/mol. The Hall–Kier alpha value is -1.06. The number of hydrogen-bond acceptors (Lipinski definition) is 3. The Morgan fingerprint density at radius 3 is 2.68 bits per heavy atom. The third-order valence-corrected chi connectivity index (χ3v) is 4.14. The van der Waals surface area contributed by atoms with E-state index in [2.05, 4.69) is 24.1 Å². The highest BCUT2D eigenvalue weighted by Crippen LogP contribution is 2.18.